The number of aryl methyl sites for hydroxylation is 1. The number of benzene rings is 2. The molecule has 0 saturated carbocycles. The van der Waals surface area contributed by atoms with Crippen LogP contribution in [0, 0.1) is 6.92 Å². The van der Waals surface area contributed by atoms with Gasteiger partial charge in [-0.05, 0) is 48.7 Å². The first-order chi connectivity index (χ1) is 17.3. The van der Waals surface area contributed by atoms with E-state index < -0.39 is 0 Å². The average molecular weight is 494 g/mol. The van der Waals surface area contributed by atoms with Gasteiger partial charge in [0.05, 0.1) is 25.3 Å². The highest BCUT2D eigenvalue weighted by atomic mass is 16.5. The van der Waals surface area contributed by atoms with Gasteiger partial charge in [0.15, 0.2) is 0 Å². The summed E-state index contributed by atoms with van der Waals surface area (Å²) in [4.78, 5) is 41.9. The Kier molecular flexibility index (Phi) is 8.25. The third kappa shape index (κ3) is 6.23. The van der Waals surface area contributed by atoms with E-state index in [9.17, 15) is 14.4 Å². The molecule has 36 heavy (non-hydrogen) atoms. The Hall–Kier alpha value is -3.39. The fourth-order valence-electron chi connectivity index (χ4n) is 4.60. The zero-order valence-electron chi connectivity index (χ0n) is 21.3. The third-order valence-electron chi connectivity index (χ3n) is 6.71. The molecule has 2 aromatic rings. The number of unbranched alkanes of at least 4 members (excludes halogenated alkanes) is 2. The van der Waals surface area contributed by atoms with Crippen molar-refractivity contribution in [3.05, 3.63) is 59.2 Å². The van der Waals surface area contributed by atoms with E-state index >= 15 is 0 Å². The summed E-state index contributed by atoms with van der Waals surface area (Å²) in [6, 6.07) is 12.5. The largest absolute Gasteiger partial charge is 0.457 e. The second-order valence-electron chi connectivity index (χ2n) is 9.67. The maximum atomic E-state index is 13.0. The number of nitrogens with one attached hydrogen (secondary N) is 1. The lowest BCUT2D eigenvalue weighted by Crippen LogP contribution is -2.48. The first-order valence-electron chi connectivity index (χ1n) is 12.7. The summed E-state index contributed by atoms with van der Waals surface area (Å²) in [6.07, 6.45) is 3.07. The molecule has 1 N–H and O–H groups in total. The molecule has 0 spiro atoms. The molecule has 2 heterocycles. The summed E-state index contributed by atoms with van der Waals surface area (Å²) in [5, 5.41) is 3.01. The minimum Gasteiger partial charge on any atom is -0.457 e. The van der Waals surface area contributed by atoms with Crippen molar-refractivity contribution in [1.82, 2.24) is 15.1 Å². The first kappa shape index (κ1) is 25.7. The summed E-state index contributed by atoms with van der Waals surface area (Å²) in [5.74, 6) is 0.743. The molecule has 2 aliphatic rings. The number of likely N-dealkylation sites (tertiary alicyclic amines) is 1. The van der Waals surface area contributed by atoms with Crippen LogP contribution in [0.3, 0.4) is 0 Å². The Morgan fingerprint density at radius 2 is 1.94 bits per heavy atom. The summed E-state index contributed by atoms with van der Waals surface area (Å²) in [6.45, 7) is 5.06. The van der Waals surface area contributed by atoms with Gasteiger partial charge in [-0.1, -0.05) is 38.0 Å². The van der Waals surface area contributed by atoms with Crippen molar-refractivity contribution in [3.63, 3.8) is 0 Å². The van der Waals surface area contributed by atoms with Gasteiger partial charge >= 0.3 is 0 Å². The molecule has 1 saturated heterocycles. The van der Waals surface area contributed by atoms with Crippen molar-refractivity contribution in [2.45, 2.75) is 58.3 Å². The van der Waals surface area contributed by atoms with Gasteiger partial charge in [0, 0.05) is 32.1 Å². The number of rotatable bonds is 4. The minimum atomic E-state index is -0.352. The molecule has 8 nitrogen and oxygen atoms in total. The topological polar surface area (TPSA) is 88.2 Å². The molecule has 2 aliphatic heterocycles. The Morgan fingerprint density at radius 3 is 2.75 bits per heavy atom. The molecule has 0 aromatic heterocycles. The number of fused-ring (bicyclic) bond motifs is 5. The van der Waals surface area contributed by atoms with Crippen LogP contribution in [-0.2, 0) is 20.9 Å². The fraction of sp³-hybridized carbons (Fsp3) is 0.464. The number of carbonyl (C=O) groups is 3. The minimum absolute atomic E-state index is 0.0806. The van der Waals surface area contributed by atoms with E-state index in [0.29, 0.717) is 43.2 Å². The molecular formula is C28H35N3O5. The van der Waals surface area contributed by atoms with Gasteiger partial charge in [0.2, 0.25) is 11.8 Å². The highest BCUT2D eigenvalue weighted by Crippen LogP contribution is 2.28. The number of amides is 3. The normalized spacial score (nSPS) is 20.5. The predicted octanol–water partition coefficient (Wildman–Crippen LogP) is 3.67. The number of hydrogen-bond acceptors (Lipinski definition) is 5. The van der Waals surface area contributed by atoms with Crippen LogP contribution in [0.25, 0.3) is 0 Å². The van der Waals surface area contributed by atoms with Crippen molar-refractivity contribution < 1.29 is 23.9 Å². The lowest BCUT2D eigenvalue weighted by atomic mass is 10.1. The third-order valence-corrected chi connectivity index (χ3v) is 6.71. The quantitative estimate of drug-likeness (QED) is 0.657. The van der Waals surface area contributed by atoms with Gasteiger partial charge < -0.3 is 24.6 Å². The van der Waals surface area contributed by atoms with Crippen LogP contribution in [0.4, 0.5) is 0 Å². The maximum absolute atomic E-state index is 13.0. The molecule has 0 radical (unpaired) electrons. The van der Waals surface area contributed by atoms with Crippen LogP contribution >= 0.6 is 0 Å². The van der Waals surface area contributed by atoms with Crippen LogP contribution in [0.5, 0.6) is 11.5 Å². The molecule has 192 valence electrons. The van der Waals surface area contributed by atoms with E-state index in [0.717, 1.165) is 30.4 Å². The van der Waals surface area contributed by atoms with E-state index in [-0.39, 0.29) is 36.4 Å². The lowest BCUT2D eigenvalue weighted by Gasteiger charge is -2.23. The summed E-state index contributed by atoms with van der Waals surface area (Å²) in [7, 11) is 1.60. The standard InChI is InChI=1S/C28H35N3O5/c1-4-5-6-10-27(33)31-15-23-25(16-31)35-18-20-8-7-9-22(13-20)36-24-14-21(12-11-19(24)2)28(34)30(3)17-26(32)29-23/h7-9,11-14,23,25H,4-6,10,15-18H2,1-3H3,(H,29,32)/t23-,25-/m0/s1. The van der Waals surface area contributed by atoms with Gasteiger partial charge in [-0.2, -0.15) is 0 Å². The molecule has 2 aromatic carbocycles. The monoisotopic (exact) mass is 493 g/mol. The Bertz CT molecular complexity index is 1120. The van der Waals surface area contributed by atoms with Gasteiger partial charge in [-0.15, -0.1) is 0 Å². The number of nitrogens with zero attached hydrogens (tertiary/aromatic N) is 2. The van der Waals surface area contributed by atoms with Crippen LogP contribution < -0.4 is 10.1 Å². The molecule has 0 unspecified atom stereocenters. The van der Waals surface area contributed by atoms with Crippen molar-refractivity contribution in [2.24, 2.45) is 0 Å². The predicted molar refractivity (Wildman–Crippen MR) is 136 cm³/mol. The van der Waals surface area contributed by atoms with E-state index in [4.69, 9.17) is 9.47 Å². The SMILES string of the molecule is CCCCCC(=O)N1C[C@@H]2NC(=O)CN(C)C(=O)c3ccc(C)c(c3)Oc3cccc(c3)CO[C@H]2C1. The smallest absolute Gasteiger partial charge is 0.254 e. The van der Waals surface area contributed by atoms with Gasteiger partial charge in [0.1, 0.15) is 11.5 Å². The van der Waals surface area contributed by atoms with E-state index in [2.05, 4.69) is 12.2 Å². The van der Waals surface area contributed by atoms with E-state index in [1.54, 1.807) is 24.1 Å². The van der Waals surface area contributed by atoms with Crippen LogP contribution in [0.1, 0.15) is 54.1 Å². The highest BCUT2D eigenvalue weighted by Gasteiger charge is 2.37. The highest BCUT2D eigenvalue weighted by molar-refractivity contribution is 5.96. The Morgan fingerprint density at radius 1 is 1.11 bits per heavy atom. The van der Waals surface area contributed by atoms with Crippen LogP contribution in [-0.4, -0.2) is 66.3 Å². The van der Waals surface area contributed by atoms with Crippen molar-refractivity contribution in [2.75, 3.05) is 26.7 Å². The molecule has 0 aliphatic carbocycles. The van der Waals surface area contributed by atoms with Crippen LogP contribution in [0.2, 0.25) is 0 Å². The van der Waals surface area contributed by atoms with Gasteiger partial charge in [0.25, 0.3) is 5.91 Å². The summed E-state index contributed by atoms with van der Waals surface area (Å²) in [5.41, 5.74) is 2.26. The summed E-state index contributed by atoms with van der Waals surface area (Å²) >= 11 is 0. The van der Waals surface area contributed by atoms with Crippen molar-refractivity contribution in [3.8, 4) is 11.5 Å². The number of likely N-dealkylation sites (N-methyl/N-ethyl adjacent to an activating group) is 1. The fourth-order valence-corrected chi connectivity index (χ4v) is 4.60. The van der Waals surface area contributed by atoms with E-state index in [1.165, 1.54) is 4.90 Å². The van der Waals surface area contributed by atoms with Crippen molar-refractivity contribution in [1.29, 1.82) is 0 Å². The molecular weight excluding hydrogens is 458 g/mol. The second-order valence-corrected chi connectivity index (χ2v) is 9.67. The maximum Gasteiger partial charge on any atom is 0.254 e. The van der Waals surface area contributed by atoms with Gasteiger partial charge in [-0.3, -0.25) is 14.4 Å². The molecule has 2 atom stereocenters. The summed E-state index contributed by atoms with van der Waals surface area (Å²) < 4.78 is 12.3. The molecule has 1 fully saturated rings. The molecule has 8 heteroatoms. The Balaban J connectivity index is 1.58. The van der Waals surface area contributed by atoms with Gasteiger partial charge in [-0.25, -0.2) is 0 Å². The zero-order chi connectivity index (χ0) is 25.7. The number of hydrogen-bond donors (Lipinski definition) is 1. The molecule has 4 rings (SSSR count). The average Bonchev–Trinajstić information content (AvgIpc) is 3.26. The molecule has 3 amide bonds. The first-order valence-corrected chi connectivity index (χ1v) is 12.7. The van der Waals surface area contributed by atoms with Crippen LogP contribution in [0.15, 0.2) is 42.5 Å². The molecule has 4 bridgehead atoms. The number of ether oxygens (including phenoxy) is 2. The van der Waals surface area contributed by atoms with Crippen molar-refractivity contribution >= 4 is 17.7 Å². The second kappa shape index (κ2) is 11.6. The lowest BCUT2D eigenvalue weighted by molar-refractivity contribution is -0.131. The zero-order valence-corrected chi connectivity index (χ0v) is 21.3. The Labute approximate surface area is 212 Å². The van der Waals surface area contributed by atoms with E-state index in [1.807, 2.05) is 37.3 Å². The number of carbonyl (C=O) groups excluding carboxylic acids is 3.